The van der Waals surface area contributed by atoms with Crippen LogP contribution in [0.4, 0.5) is 0 Å². The molecule has 2 nitrogen and oxygen atoms in total. The van der Waals surface area contributed by atoms with Gasteiger partial charge in [-0.05, 0) is 24.2 Å². The first-order valence-electron chi connectivity index (χ1n) is 5.44. The fourth-order valence-electron chi connectivity index (χ4n) is 2.23. The molecular formula is C12H17BrN2. The molecule has 2 atom stereocenters. The van der Waals surface area contributed by atoms with E-state index in [-0.39, 0.29) is 6.04 Å². The Morgan fingerprint density at radius 2 is 2.00 bits per heavy atom. The lowest BCUT2D eigenvalue weighted by molar-refractivity contribution is 0.350. The van der Waals surface area contributed by atoms with E-state index in [4.69, 9.17) is 5.73 Å². The average molecular weight is 269 g/mol. The zero-order valence-corrected chi connectivity index (χ0v) is 10.6. The highest BCUT2D eigenvalue weighted by Gasteiger charge is 2.29. The highest BCUT2D eigenvalue weighted by molar-refractivity contribution is 9.10. The molecule has 0 aromatic heterocycles. The molecule has 15 heavy (non-hydrogen) atoms. The van der Waals surface area contributed by atoms with Crippen molar-refractivity contribution in [3.8, 4) is 0 Å². The van der Waals surface area contributed by atoms with Gasteiger partial charge in [-0.25, -0.2) is 0 Å². The molecular weight excluding hydrogens is 252 g/mol. The molecule has 1 aromatic rings. The second-order valence-electron chi connectivity index (χ2n) is 4.17. The van der Waals surface area contributed by atoms with E-state index in [0.717, 1.165) is 24.1 Å². The minimum atomic E-state index is 0.283. The van der Waals surface area contributed by atoms with E-state index < -0.39 is 0 Å². The van der Waals surface area contributed by atoms with Crippen molar-refractivity contribution in [2.24, 2.45) is 5.73 Å². The number of likely N-dealkylation sites (N-methyl/N-ethyl adjacent to an activating group) is 1. The number of hydrogen-bond donors (Lipinski definition) is 1. The summed E-state index contributed by atoms with van der Waals surface area (Å²) in [7, 11) is 0. The minimum absolute atomic E-state index is 0.283. The SMILES string of the molecule is CCN1C[C@@H](N)[C@H](c2ccc(Br)cc2)C1. The lowest BCUT2D eigenvalue weighted by atomic mass is 9.95. The fraction of sp³-hybridized carbons (Fsp3) is 0.500. The van der Waals surface area contributed by atoms with Crippen molar-refractivity contribution < 1.29 is 0 Å². The molecule has 0 unspecified atom stereocenters. The van der Waals surface area contributed by atoms with Crippen molar-refractivity contribution in [3.05, 3.63) is 34.3 Å². The lowest BCUT2D eigenvalue weighted by Crippen LogP contribution is -2.28. The molecule has 1 aliphatic rings. The summed E-state index contributed by atoms with van der Waals surface area (Å²) in [6, 6.07) is 8.82. The van der Waals surface area contributed by atoms with Crippen LogP contribution in [0, 0.1) is 0 Å². The summed E-state index contributed by atoms with van der Waals surface area (Å²) in [5.74, 6) is 0.498. The second kappa shape index (κ2) is 4.64. The third-order valence-corrected chi connectivity index (χ3v) is 3.71. The molecule has 1 saturated heterocycles. The van der Waals surface area contributed by atoms with E-state index in [9.17, 15) is 0 Å². The predicted molar refractivity (Wildman–Crippen MR) is 67.0 cm³/mol. The van der Waals surface area contributed by atoms with E-state index in [1.807, 2.05) is 0 Å². The summed E-state index contributed by atoms with van der Waals surface area (Å²) in [6.07, 6.45) is 0. The summed E-state index contributed by atoms with van der Waals surface area (Å²) < 4.78 is 1.13. The first-order valence-corrected chi connectivity index (χ1v) is 6.23. The van der Waals surface area contributed by atoms with E-state index in [0.29, 0.717) is 5.92 Å². The van der Waals surface area contributed by atoms with Gasteiger partial charge in [0.2, 0.25) is 0 Å². The Hall–Kier alpha value is -0.380. The van der Waals surface area contributed by atoms with Crippen LogP contribution >= 0.6 is 15.9 Å². The van der Waals surface area contributed by atoms with Crippen molar-refractivity contribution >= 4 is 15.9 Å². The standard InChI is InChI=1S/C12H17BrN2/c1-2-15-7-11(12(14)8-15)9-3-5-10(13)6-4-9/h3-6,11-12H,2,7-8,14H2,1H3/t11-,12+/m0/s1. The molecule has 1 fully saturated rings. The number of nitrogens with zero attached hydrogens (tertiary/aromatic N) is 1. The summed E-state index contributed by atoms with van der Waals surface area (Å²) in [5, 5.41) is 0. The highest BCUT2D eigenvalue weighted by atomic mass is 79.9. The van der Waals surface area contributed by atoms with Crippen LogP contribution in [-0.4, -0.2) is 30.6 Å². The van der Waals surface area contributed by atoms with Crippen LogP contribution in [0.15, 0.2) is 28.7 Å². The molecule has 0 saturated carbocycles. The van der Waals surface area contributed by atoms with Gasteiger partial charge in [-0.2, -0.15) is 0 Å². The van der Waals surface area contributed by atoms with Crippen LogP contribution in [0.25, 0.3) is 0 Å². The smallest absolute Gasteiger partial charge is 0.0249 e. The molecule has 1 aliphatic heterocycles. The predicted octanol–water partition coefficient (Wildman–Crippen LogP) is 2.20. The Morgan fingerprint density at radius 1 is 1.33 bits per heavy atom. The molecule has 82 valence electrons. The fourth-order valence-corrected chi connectivity index (χ4v) is 2.50. The first kappa shape index (κ1) is 11.1. The first-order chi connectivity index (χ1) is 7.20. The van der Waals surface area contributed by atoms with E-state index >= 15 is 0 Å². The van der Waals surface area contributed by atoms with E-state index in [1.54, 1.807) is 0 Å². The Morgan fingerprint density at radius 3 is 2.53 bits per heavy atom. The van der Waals surface area contributed by atoms with Crippen LogP contribution in [0.2, 0.25) is 0 Å². The Kier molecular flexibility index (Phi) is 3.44. The average Bonchev–Trinajstić information content (AvgIpc) is 2.61. The number of hydrogen-bond acceptors (Lipinski definition) is 2. The summed E-state index contributed by atoms with van der Waals surface area (Å²) >= 11 is 3.45. The number of likely N-dealkylation sites (tertiary alicyclic amines) is 1. The van der Waals surface area contributed by atoms with Gasteiger partial charge in [0, 0.05) is 29.5 Å². The number of halogens is 1. The Bertz CT molecular complexity index is 323. The molecule has 0 amide bonds. The van der Waals surface area contributed by atoms with Gasteiger partial charge in [-0.15, -0.1) is 0 Å². The summed E-state index contributed by atoms with van der Waals surface area (Å²) in [5.41, 5.74) is 7.52. The van der Waals surface area contributed by atoms with Gasteiger partial charge in [0.15, 0.2) is 0 Å². The quantitative estimate of drug-likeness (QED) is 0.891. The van der Waals surface area contributed by atoms with Crippen molar-refractivity contribution in [2.45, 2.75) is 18.9 Å². The van der Waals surface area contributed by atoms with Gasteiger partial charge in [0.25, 0.3) is 0 Å². The van der Waals surface area contributed by atoms with Crippen molar-refractivity contribution in [1.29, 1.82) is 0 Å². The van der Waals surface area contributed by atoms with Crippen molar-refractivity contribution in [2.75, 3.05) is 19.6 Å². The maximum Gasteiger partial charge on any atom is 0.0249 e. The molecule has 0 radical (unpaired) electrons. The molecule has 0 bridgehead atoms. The van der Waals surface area contributed by atoms with Crippen molar-refractivity contribution in [1.82, 2.24) is 4.90 Å². The maximum absolute atomic E-state index is 6.16. The Balaban J connectivity index is 2.14. The third kappa shape index (κ3) is 2.41. The molecule has 1 aromatic carbocycles. The summed E-state index contributed by atoms with van der Waals surface area (Å²) in [4.78, 5) is 2.41. The number of benzene rings is 1. The maximum atomic E-state index is 6.16. The minimum Gasteiger partial charge on any atom is -0.326 e. The topological polar surface area (TPSA) is 29.3 Å². The van der Waals surface area contributed by atoms with Crippen molar-refractivity contribution in [3.63, 3.8) is 0 Å². The zero-order chi connectivity index (χ0) is 10.8. The van der Waals surface area contributed by atoms with Crippen LogP contribution in [0.3, 0.4) is 0 Å². The molecule has 2 N–H and O–H groups in total. The highest BCUT2D eigenvalue weighted by Crippen LogP contribution is 2.27. The molecule has 2 rings (SSSR count). The van der Waals surface area contributed by atoms with Gasteiger partial charge < -0.3 is 10.6 Å². The summed E-state index contributed by atoms with van der Waals surface area (Å²) in [6.45, 7) is 5.41. The van der Waals surface area contributed by atoms with Gasteiger partial charge >= 0.3 is 0 Å². The Labute approximate surface area is 99.6 Å². The van der Waals surface area contributed by atoms with Gasteiger partial charge in [0.05, 0.1) is 0 Å². The molecule has 3 heteroatoms. The van der Waals surface area contributed by atoms with Gasteiger partial charge in [0.1, 0.15) is 0 Å². The van der Waals surface area contributed by atoms with Gasteiger partial charge in [-0.1, -0.05) is 35.0 Å². The van der Waals surface area contributed by atoms with Crippen LogP contribution < -0.4 is 5.73 Å². The molecule has 0 aliphatic carbocycles. The number of nitrogens with two attached hydrogens (primary N) is 1. The zero-order valence-electron chi connectivity index (χ0n) is 8.99. The number of rotatable bonds is 2. The lowest BCUT2D eigenvalue weighted by Gasteiger charge is -2.14. The molecule has 1 heterocycles. The van der Waals surface area contributed by atoms with Crippen LogP contribution in [0.1, 0.15) is 18.4 Å². The van der Waals surface area contributed by atoms with Crippen LogP contribution in [0.5, 0.6) is 0 Å². The molecule has 0 spiro atoms. The van der Waals surface area contributed by atoms with Crippen LogP contribution in [-0.2, 0) is 0 Å². The van der Waals surface area contributed by atoms with E-state index in [2.05, 4.69) is 52.0 Å². The largest absolute Gasteiger partial charge is 0.326 e. The second-order valence-corrected chi connectivity index (χ2v) is 5.09. The normalized spacial score (nSPS) is 27.1. The van der Waals surface area contributed by atoms with E-state index in [1.165, 1.54) is 5.56 Å². The third-order valence-electron chi connectivity index (χ3n) is 3.19. The monoisotopic (exact) mass is 268 g/mol. The van der Waals surface area contributed by atoms with Gasteiger partial charge in [-0.3, -0.25) is 0 Å².